The van der Waals surface area contributed by atoms with Crippen LogP contribution < -0.4 is 9.47 Å². The van der Waals surface area contributed by atoms with Crippen molar-refractivity contribution in [3.8, 4) is 11.5 Å². The number of hydrogen-bond donors (Lipinski definition) is 0. The van der Waals surface area contributed by atoms with Gasteiger partial charge in [0.2, 0.25) is 0 Å². The minimum Gasteiger partial charge on any atom is -0.493 e. The molecule has 0 unspecified atom stereocenters. The summed E-state index contributed by atoms with van der Waals surface area (Å²) in [5.41, 5.74) is 0.673. The fourth-order valence-corrected chi connectivity index (χ4v) is 1.42. The minimum absolute atomic E-state index is 0.113. The molecule has 0 bridgehead atoms. The Morgan fingerprint density at radius 3 is 2.53 bits per heavy atom. The van der Waals surface area contributed by atoms with Gasteiger partial charge in [-0.25, -0.2) is 0 Å². The molecule has 0 aliphatic carbocycles. The van der Waals surface area contributed by atoms with Crippen molar-refractivity contribution < 1.29 is 14.3 Å². The summed E-state index contributed by atoms with van der Waals surface area (Å²) in [7, 11) is 1.60. The molecule has 0 N–H and O–H groups in total. The summed E-state index contributed by atoms with van der Waals surface area (Å²) < 4.78 is 10.9. The summed E-state index contributed by atoms with van der Waals surface area (Å²) >= 11 is 0. The number of hydrogen-bond acceptors (Lipinski definition) is 3. The van der Waals surface area contributed by atoms with Gasteiger partial charge in [0, 0.05) is 12.0 Å². The quantitative estimate of drug-likeness (QED) is 0.711. The van der Waals surface area contributed by atoms with Crippen LogP contribution in [0.25, 0.3) is 0 Å². The maximum absolute atomic E-state index is 11.6. The van der Waals surface area contributed by atoms with Crippen LogP contribution in [0.5, 0.6) is 11.5 Å². The predicted octanol–water partition coefficient (Wildman–Crippen LogP) is 3.32. The highest BCUT2D eigenvalue weighted by atomic mass is 16.5. The highest BCUT2D eigenvalue weighted by Crippen LogP contribution is 2.28. The molecule has 1 aromatic rings. The van der Waals surface area contributed by atoms with Crippen LogP contribution >= 0.6 is 0 Å². The van der Waals surface area contributed by atoms with Gasteiger partial charge in [0.25, 0.3) is 0 Å². The molecule has 17 heavy (non-hydrogen) atoms. The lowest BCUT2D eigenvalue weighted by Gasteiger charge is -2.13. The topological polar surface area (TPSA) is 35.5 Å². The Hall–Kier alpha value is -1.51. The Labute approximate surface area is 103 Å². The van der Waals surface area contributed by atoms with Crippen molar-refractivity contribution in [1.82, 2.24) is 0 Å². The molecule has 0 aliphatic heterocycles. The summed E-state index contributed by atoms with van der Waals surface area (Å²) in [6, 6.07) is 5.30. The minimum atomic E-state index is 0.113. The first-order valence-electron chi connectivity index (χ1n) is 5.92. The lowest BCUT2D eigenvalue weighted by molar-refractivity contribution is 0.0987. The first-order chi connectivity index (χ1) is 8.08. The third-order valence-electron chi connectivity index (χ3n) is 2.38. The molecule has 0 radical (unpaired) electrons. The van der Waals surface area contributed by atoms with E-state index in [0.29, 0.717) is 36.0 Å². The molecule has 0 saturated carbocycles. The van der Waals surface area contributed by atoms with Crippen molar-refractivity contribution >= 4 is 5.78 Å². The fraction of sp³-hybridized carbons (Fsp3) is 0.500. The van der Waals surface area contributed by atoms with Gasteiger partial charge in [0.1, 0.15) is 0 Å². The third kappa shape index (κ3) is 3.77. The van der Waals surface area contributed by atoms with Crippen LogP contribution in [0.1, 0.15) is 37.6 Å². The number of Topliss-reactive ketones (excluding diaryl/α,β-unsaturated/α-hetero) is 1. The van der Waals surface area contributed by atoms with Crippen molar-refractivity contribution in [3.05, 3.63) is 23.8 Å². The molecule has 94 valence electrons. The van der Waals surface area contributed by atoms with Crippen LogP contribution in [0.2, 0.25) is 0 Å². The van der Waals surface area contributed by atoms with E-state index in [2.05, 4.69) is 13.8 Å². The number of carbonyl (C=O) groups is 1. The van der Waals surface area contributed by atoms with Gasteiger partial charge < -0.3 is 9.47 Å². The van der Waals surface area contributed by atoms with Crippen LogP contribution in [0, 0.1) is 5.92 Å². The zero-order valence-electron chi connectivity index (χ0n) is 10.9. The summed E-state index contributed by atoms with van der Waals surface area (Å²) in [4.78, 5) is 11.6. The molecule has 1 rings (SSSR count). The van der Waals surface area contributed by atoms with Gasteiger partial charge in [-0.2, -0.15) is 0 Å². The molecule has 0 aliphatic rings. The lowest BCUT2D eigenvalue weighted by atomic mass is 10.1. The van der Waals surface area contributed by atoms with Gasteiger partial charge >= 0.3 is 0 Å². The van der Waals surface area contributed by atoms with E-state index in [1.165, 1.54) is 0 Å². The van der Waals surface area contributed by atoms with E-state index < -0.39 is 0 Å². The molecule has 0 aromatic heterocycles. The van der Waals surface area contributed by atoms with E-state index in [-0.39, 0.29) is 5.78 Å². The molecule has 3 heteroatoms. The van der Waals surface area contributed by atoms with Gasteiger partial charge in [-0.05, 0) is 24.1 Å². The summed E-state index contributed by atoms with van der Waals surface area (Å²) in [6.45, 7) is 6.61. The van der Waals surface area contributed by atoms with E-state index in [1.807, 2.05) is 6.92 Å². The normalized spacial score (nSPS) is 10.4. The largest absolute Gasteiger partial charge is 0.493 e. The predicted molar refractivity (Wildman–Crippen MR) is 67.9 cm³/mol. The molecule has 0 fully saturated rings. The van der Waals surface area contributed by atoms with Crippen molar-refractivity contribution in [2.24, 2.45) is 5.92 Å². The Morgan fingerprint density at radius 1 is 1.29 bits per heavy atom. The average molecular weight is 236 g/mol. The third-order valence-corrected chi connectivity index (χ3v) is 2.38. The summed E-state index contributed by atoms with van der Waals surface area (Å²) in [5, 5.41) is 0. The van der Waals surface area contributed by atoms with Gasteiger partial charge in [0.05, 0.1) is 13.7 Å². The van der Waals surface area contributed by atoms with Crippen LogP contribution in [-0.2, 0) is 0 Å². The number of rotatable bonds is 6. The molecule has 0 atom stereocenters. The average Bonchev–Trinajstić information content (AvgIpc) is 2.34. The Kier molecular flexibility index (Phi) is 5.01. The van der Waals surface area contributed by atoms with E-state index >= 15 is 0 Å². The highest BCUT2D eigenvalue weighted by molar-refractivity contribution is 5.96. The molecule has 0 amide bonds. The maximum atomic E-state index is 11.6. The number of ether oxygens (including phenoxy) is 2. The molecule has 0 saturated heterocycles. The SMILES string of the molecule is CCC(=O)c1ccc(OC)c(OCC(C)C)c1. The zero-order chi connectivity index (χ0) is 12.8. The van der Waals surface area contributed by atoms with Crippen molar-refractivity contribution in [1.29, 1.82) is 0 Å². The van der Waals surface area contributed by atoms with E-state index in [4.69, 9.17) is 9.47 Å². The second kappa shape index (κ2) is 6.28. The Morgan fingerprint density at radius 2 is 2.00 bits per heavy atom. The number of methoxy groups -OCH3 is 1. The van der Waals surface area contributed by atoms with Crippen LogP contribution in [0.4, 0.5) is 0 Å². The first kappa shape index (κ1) is 13.6. The van der Waals surface area contributed by atoms with Crippen LogP contribution in [0.15, 0.2) is 18.2 Å². The Bertz CT molecular complexity index is 383. The number of ketones is 1. The van der Waals surface area contributed by atoms with Crippen molar-refractivity contribution in [2.45, 2.75) is 27.2 Å². The molecule has 0 spiro atoms. The van der Waals surface area contributed by atoms with Gasteiger partial charge in [-0.1, -0.05) is 20.8 Å². The molecular weight excluding hydrogens is 216 g/mol. The first-order valence-corrected chi connectivity index (χ1v) is 5.92. The smallest absolute Gasteiger partial charge is 0.162 e. The second-order valence-corrected chi connectivity index (χ2v) is 4.35. The van der Waals surface area contributed by atoms with Gasteiger partial charge in [-0.15, -0.1) is 0 Å². The molecule has 1 aromatic carbocycles. The highest BCUT2D eigenvalue weighted by Gasteiger charge is 2.10. The lowest BCUT2D eigenvalue weighted by Crippen LogP contribution is -2.06. The number of benzene rings is 1. The van der Waals surface area contributed by atoms with Gasteiger partial charge in [0.15, 0.2) is 17.3 Å². The standard InChI is InChI=1S/C14H20O3/c1-5-12(15)11-6-7-13(16-4)14(8-11)17-9-10(2)3/h6-8,10H,5,9H2,1-4H3. The number of carbonyl (C=O) groups excluding carboxylic acids is 1. The molecule has 3 nitrogen and oxygen atoms in total. The molecular formula is C14H20O3. The van der Waals surface area contributed by atoms with Crippen LogP contribution in [-0.4, -0.2) is 19.5 Å². The van der Waals surface area contributed by atoms with E-state index in [9.17, 15) is 4.79 Å². The monoisotopic (exact) mass is 236 g/mol. The van der Waals surface area contributed by atoms with Crippen LogP contribution in [0.3, 0.4) is 0 Å². The maximum Gasteiger partial charge on any atom is 0.162 e. The summed E-state index contributed by atoms with van der Waals surface area (Å²) in [6.07, 6.45) is 0.496. The van der Waals surface area contributed by atoms with Crippen molar-refractivity contribution in [2.75, 3.05) is 13.7 Å². The van der Waals surface area contributed by atoms with Gasteiger partial charge in [-0.3, -0.25) is 4.79 Å². The Balaban J connectivity index is 2.93. The zero-order valence-corrected chi connectivity index (χ0v) is 10.9. The van der Waals surface area contributed by atoms with E-state index in [1.54, 1.807) is 25.3 Å². The second-order valence-electron chi connectivity index (χ2n) is 4.35. The van der Waals surface area contributed by atoms with E-state index in [0.717, 1.165) is 0 Å². The summed E-state index contributed by atoms with van der Waals surface area (Å²) in [5.74, 6) is 1.85. The molecule has 0 heterocycles. The van der Waals surface area contributed by atoms with Crippen molar-refractivity contribution in [3.63, 3.8) is 0 Å². The fourth-order valence-electron chi connectivity index (χ4n) is 1.42.